The zero-order chi connectivity index (χ0) is 16.7. The Kier molecular flexibility index (Phi) is 5.72. The fourth-order valence-corrected chi connectivity index (χ4v) is 1.87. The number of carbonyl (C=O) groups is 2. The lowest BCUT2D eigenvalue weighted by Crippen LogP contribution is -2.43. The molecule has 2 aromatic rings. The number of halogens is 1. The number of carbonyl (C=O) groups excluding carboxylic acids is 2. The van der Waals surface area contributed by atoms with E-state index in [0.717, 1.165) is 4.47 Å². The highest BCUT2D eigenvalue weighted by Gasteiger charge is 2.08. The summed E-state index contributed by atoms with van der Waals surface area (Å²) in [5, 5.41) is 8.69. The number of hydrogen-bond donors (Lipinski definition) is 2. The van der Waals surface area contributed by atoms with Crippen LogP contribution in [0.5, 0.6) is 5.75 Å². The Morgan fingerprint density at radius 1 is 1.04 bits per heavy atom. The van der Waals surface area contributed by atoms with E-state index in [0.29, 0.717) is 16.9 Å². The SMILES string of the molecule is N#Cc1ccc(C(=O)NNC(=O)COc2ccc(Br)cc2)cc1. The topological polar surface area (TPSA) is 91.2 Å². The number of nitriles is 1. The van der Waals surface area contributed by atoms with Gasteiger partial charge in [0.25, 0.3) is 11.8 Å². The van der Waals surface area contributed by atoms with Crippen molar-refractivity contribution in [3.63, 3.8) is 0 Å². The van der Waals surface area contributed by atoms with Gasteiger partial charge in [0.05, 0.1) is 11.6 Å². The summed E-state index contributed by atoms with van der Waals surface area (Å²) in [6.45, 7) is -0.227. The number of ether oxygens (including phenoxy) is 1. The minimum atomic E-state index is -0.491. The van der Waals surface area contributed by atoms with Crippen molar-refractivity contribution in [2.75, 3.05) is 6.61 Å². The summed E-state index contributed by atoms with van der Waals surface area (Å²) in [7, 11) is 0. The molecular weight excluding hydrogens is 362 g/mol. The van der Waals surface area contributed by atoms with Crippen molar-refractivity contribution in [3.8, 4) is 11.8 Å². The first kappa shape index (κ1) is 16.5. The van der Waals surface area contributed by atoms with Crippen molar-refractivity contribution in [2.45, 2.75) is 0 Å². The first-order valence-electron chi connectivity index (χ1n) is 6.56. The second-order valence-corrected chi connectivity index (χ2v) is 5.35. The van der Waals surface area contributed by atoms with Gasteiger partial charge in [-0.1, -0.05) is 15.9 Å². The molecule has 0 atom stereocenters. The summed E-state index contributed by atoms with van der Waals surface area (Å²) in [5.41, 5.74) is 5.31. The van der Waals surface area contributed by atoms with Crippen LogP contribution < -0.4 is 15.6 Å². The van der Waals surface area contributed by atoms with Gasteiger partial charge < -0.3 is 4.74 Å². The van der Waals surface area contributed by atoms with Crippen molar-refractivity contribution in [2.24, 2.45) is 0 Å². The Labute approximate surface area is 141 Å². The lowest BCUT2D eigenvalue weighted by atomic mass is 10.1. The van der Waals surface area contributed by atoms with E-state index in [9.17, 15) is 9.59 Å². The zero-order valence-corrected chi connectivity index (χ0v) is 13.5. The molecule has 0 saturated heterocycles. The summed E-state index contributed by atoms with van der Waals surface area (Å²) >= 11 is 3.30. The molecule has 0 spiro atoms. The molecule has 116 valence electrons. The average molecular weight is 374 g/mol. The molecule has 0 radical (unpaired) electrons. The van der Waals surface area contributed by atoms with E-state index in [4.69, 9.17) is 10.00 Å². The van der Waals surface area contributed by atoms with E-state index in [2.05, 4.69) is 26.8 Å². The maximum absolute atomic E-state index is 11.8. The van der Waals surface area contributed by atoms with Gasteiger partial charge in [-0.3, -0.25) is 20.4 Å². The fraction of sp³-hybridized carbons (Fsp3) is 0.0625. The van der Waals surface area contributed by atoms with E-state index in [1.54, 1.807) is 24.3 Å². The molecule has 0 heterocycles. The van der Waals surface area contributed by atoms with Crippen LogP contribution in [0.2, 0.25) is 0 Å². The summed E-state index contributed by atoms with van der Waals surface area (Å²) in [6, 6.07) is 15.0. The number of nitrogens with one attached hydrogen (secondary N) is 2. The third-order valence-electron chi connectivity index (χ3n) is 2.78. The Balaban J connectivity index is 1.78. The van der Waals surface area contributed by atoms with Gasteiger partial charge in [0, 0.05) is 10.0 Å². The quantitative estimate of drug-likeness (QED) is 0.803. The normalized spacial score (nSPS) is 9.57. The largest absolute Gasteiger partial charge is 0.484 e. The van der Waals surface area contributed by atoms with Gasteiger partial charge in [0.1, 0.15) is 5.75 Å². The van der Waals surface area contributed by atoms with Gasteiger partial charge in [0.2, 0.25) is 0 Å². The van der Waals surface area contributed by atoms with Crippen LogP contribution in [0, 0.1) is 11.3 Å². The molecule has 7 heteroatoms. The second kappa shape index (κ2) is 7.96. The summed E-state index contributed by atoms with van der Waals surface area (Å²) in [5.74, 6) is -0.428. The third kappa shape index (κ3) is 5.13. The summed E-state index contributed by atoms with van der Waals surface area (Å²) in [4.78, 5) is 23.4. The van der Waals surface area contributed by atoms with Crippen molar-refractivity contribution >= 4 is 27.7 Å². The third-order valence-corrected chi connectivity index (χ3v) is 3.30. The second-order valence-electron chi connectivity index (χ2n) is 4.43. The zero-order valence-electron chi connectivity index (χ0n) is 11.9. The molecule has 2 N–H and O–H groups in total. The van der Waals surface area contributed by atoms with E-state index in [1.807, 2.05) is 6.07 Å². The Bertz CT molecular complexity index is 737. The molecule has 0 bridgehead atoms. The summed E-state index contributed by atoms with van der Waals surface area (Å²) in [6.07, 6.45) is 0. The smallest absolute Gasteiger partial charge is 0.276 e. The monoisotopic (exact) mass is 373 g/mol. The Morgan fingerprint density at radius 2 is 1.70 bits per heavy atom. The number of hydrogen-bond acceptors (Lipinski definition) is 4. The lowest BCUT2D eigenvalue weighted by molar-refractivity contribution is -0.123. The molecule has 0 aliphatic rings. The highest BCUT2D eigenvalue weighted by Crippen LogP contribution is 2.15. The van der Waals surface area contributed by atoms with E-state index >= 15 is 0 Å². The first-order chi connectivity index (χ1) is 11.1. The van der Waals surface area contributed by atoms with Gasteiger partial charge >= 0.3 is 0 Å². The standard InChI is InChI=1S/C16H12BrN3O3/c17-13-5-7-14(8-6-13)23-10-15(21)19-20-16(22)12-3-1-11(9-18)2-4-12/h1-8H,10H2,(H,19,21)(H,20,22). The van der Waals surface area contributed by atoms with Gasteiger partial charge in [0.15, 0.2) is 6.61 Å². The van der Waals surface area contributed by atoms with Gasteiger partial charge in [-0.05, 0) is 48.5 Å². The molecule has 2 rings (SSSR count). The van der Waals surface area contributed by atoms with Crippen LogP contribution in [0.1, 0.15) is 15.9 Å². The van der Waals surface area contributed by atoms with Gasteiger partial charge in [-0.25, -0.2) is 0 Å². The number of nitrogens with zero attached hydrogens (tertiary/aromatic N) is 1. The first-order valence-corrected chi connectivity index (χ1v) is 7.35. The molecular formula is C16H12BrN3O3. The molecule has 2 aromatic carbocycles. The predicted octanol–water partition coefficient (Wildman–Crippen LogP) is 2.16. The molecule has 6 nitrogen and oxygen atoms in total. The average Bonchev–Trinajstić information content (AvgIpc) is 2.59. The van der Waals surface area contributed by atoms with Crippen molar-refractivity contribution in [1.82, 2.24) is 10.9 Å². The number of amides is 2. The van der Waals surface area contributed by atoms with Crippen LogP contribution in [0.4, 0.5) is 0 Å². The fourth-order valence-electron chi connectivity index (χ4n) is 1.61. The molecule has 0 unspecified atom stereocenters. The lowest BCUT2D eigenvalue weighted by Gasteiger charge is -2.09. The highest BCUT2D eigenvalue weighted by atomic mass is 79.9. The van der Waals surface area contributed by atoms with Crippen LogP contribution in [0.15, 0.2) is 53.0 Å². The number of rotatable bonds is 4. The Hall–Kier alpha value is -2.85. The van der Waals surface area contributed by atoms with Crippen molar-refractivity contribution in [1.29, 1.82) is 5.26 Å². The molecule has 0 aliphatic carbocycles. The minimum absolute atomic E-state index is 0.227. The number of benzene rings is 2. The molecule has 0 saturated carbocycles. The molecule has 0 aliphatic heterocycles. The highest BCUT2D eigenvalue weighted by molar-refractivity contribution is 9.10. The molecule has 2 amide bonds. The minimum Gasteiger partial charge on any atom is -0.484 e. The molecule has 0 aromatic heterocycles. The maximum Gasteiger partial charge on any atom is 0.276 e. The van der Waals surface area contributed by atoms with Crippen molar-refractivity contribution in [3.05, 3.63) is 64.1 Å². The van der Waals surface area contributed by atoms with Crippen LogP contribution in [-0.4, -0.2) is 18.4 Å². The van der Waals surface area contributed by atoms with E-state index < -0.39 is 11.8 Å². The van der Waals surface area contributed by atoms with E-state index in [-0.39, 0.29) is 6.61 Å². The van der Waals surface area contributed by atoms with Crippen LogP contribution in [0.25, 0.3) is 0 Å². The van der Waals surface area contributed by atoms with Gasteiger partial charge in [-0.2, -0.15) is 5.26 Å². The van der Waals surface area contributed by atoms with Crippen LogP contribution in [-0.2, 0) is 4.79 Å². The van der Waals surface area contributed by atoms with Crippen molar-refractivity contribution < 1.29 is 14.3 Å². The van der Waals surface area contributed by atoms with Crippen LogP contribution in [0.3, 0.4) is 0 Å². The predicted molar refractivity (Wildman–Crippen MR) is 86.4 cm³/mol. The van der Waals surface area contributed by atoms with Gasteiger partial charge in [-0.15, -0.1) is 0 Å². The molecule has 0 fully saturated rings. The maximum atomic E-state index is 11.8. The molecule has 23 heavy (non-hydrogen) atoms. The van der Waals surface area contributed by atoms with E-state index in [1.165, 1.54) is 24.3 Å². The Morgan fingerprint density at radius 3 is 2.30 bits per heavy atom. The number of hydrazine groups is 1. The van der Waals surface area contributed by atoms with Crippen LogP contribution >= 0.6 is 15.9 Å². The summed E-state index contributed by atoms with van der Waals surface area (Å²) < 4.78 is 6.18.